The predicted octanol–water partition coefficient (Wildman–Crippen LogP) is 1.16. The monoisotopic (exact) mass is 340 g/mol. The highest BCUT2D eigenvalue weighted by Gasteiger charge is 2.25. The molecule has 1 amide bonds. The number of hydrazine groups is 1. The number of hydrogen-bond donors (Lipinski definition) is 2. The first-order chi connectivity index (χ1) is 10.5. The Morgan fingerprint density at radius 2 is 1.82 bits per heavy atom. The Morgan fingerprint density at radius 3 is 2.45 bits per heavy atom. The van der Waals surface area contributed by atoms with Crippen LogP contribution in [0.4, 0.5) is 0 Å². The zero-order chi connectivity index (χ0) is 16.2. The lowest BCUT2D eigenvalue weighted by atomic mass is 10.2. The Hall–Kier alpha value is -2.23. The van der Waals surface area contributed by atoms with Crippen molar-refractivity contribution >= 4 is 33.2 Å². The lowest BCUT2D eigenvalue weighted by Crippen LogP contribution is -2.41. The number of thiophene rings is 1. The quantitative estimate of drug-likeness (QED) is 0.628. The number of hydrogen-bond acceptors (Lipinski definition) is 6. The second-order valence-corrected chi connectivity index (χ2v) is 6.60. The van der Waals surface area contributed by atoms with Crippen molar-refractivity contribution in [3.8, 4) is 0 Å². The molecule has 0 unspecified atom stereocenters. The van der Waals surface area contributed by atoms with Gasteiger partial charge < -0.3 is 4.74 Å². The van der Waals surface area contributed by atoms with Crippen LogP contribution in [0.15, 0.2) is 46.7 Å². The fraction of sp³-hybridized carbons (Fsp3) is 0.0769. The Kier molecular flexibility index (Phi) is 4.91. The summed E-state index contributed by atoms with van der Waals surface area (Å²) < 4.78 is 28.8. The molecule has 2 rings (SSSR count). The first-order valence-electron chi connectivity index (χ1n) is 5.98. The normalized spacial score (nSPS) is 11.0. The Bertz CT molecular complexity index is 784. The van der Waals surface area contributed by atoms with E-state index in [2.05, 4.69) is 10.2 Å². The van der Waals surface area contributed by atoms with Gasteiger partial charge in [-0.05, 0) is 23.6 Å². The lowest BCUT2D eigenvalue weighted by molar-refractivity contribution is 0.0602. The summed E-state index contributed by atoms with van der Waals surface area (Å²) in [6.45, 7) is 0. The zero-order valence-electron chi connectivity index (χ0n) is 11.4. The van der Waals surface area contributed by atoms with Crippen molar-refractivity contribution in [2.45, 2.75) is 4.90 Å². The summed E-state index contributed by atoms with van der Waals surface area (Å²) in [5.74, 6) is -1.37. The van der Waals surface area contributed by atoms with Crippen LogP contribution in [0.2, 0.25) is 0 Å². The summed E-state index contributed by atoms with van der Waals surface area (Å²) in [4.78, 5) is 25.0. The van der Waals surface area contributed by atoms with Crippen LogP contribution in [0.25, 0.3) is 0 Å². The second kappa shape index (κ2) is 6.69. The van der Waals surface area contributed by atoms with E-state index in [0.717, 1.165) is 18.4 Å². The van der Waals surface area contributed by atoms with E-state index in [1.165, 1.54) is 23.6 Å². The predicted molar refractivity (Wildman–Crippen MR) is 79.9 cm³/mol. The maximum atomic E-state index is 12.1. The smallest absolute Gasteiger partial charge is 0.349 e. The van der Waals surface area contributed by atoms with E-state index < -0.39 is 21.9 Å². The van der Waals surface area contributed by atoms with Crippen LogP contribution in [0, 0.1) is 0 Å². The summed E-state index contributed by atoms with van der Waals surface area (Å²) in [6.07, 6.45) is 0. The first-order valence-corrected chi connectivity index (χ1v) is 8.35. The fourth-order valence-corrected chi connectivity index (χ4v) is 3.76. The molecule has 0 atom stereocenters. The van der Waals surface area contributed by atoms with Crippen LogP contribution in [0.1, 0.15) is 20.0 Å². The molecule has 1 aromatic heterocycles. The average Bonchev–Trinajstić information content (AvgIpc) is 3.03. The van der Waals surface area contributed by atoms with Crippen LogP contribution in [0.3, 0.4) is 0 Å². The third-order valence-corrected chi connectivity index (χ3v) is 4.94. The molecular formula is C13H12N2O5S2. The highest BCUT2D eigenvalue weighted by Crippen LogP contribution is 2.22. The van der Waals surface area contributed by atoms with Gasteiger partial charge in [0.05, 0.1) is 7.11 Å². The molecule has 22 heavy (non-hydrogen) atoms. The number of ether oxygens (including phenoxy) is 1. The van der Waals surface area contributed by atoms with Crippen LogP contribution in [-0.4, -0.2) is 27.4 Å². The van der Waals surface area contributed by atoms with Gasteiger partial charge in [-0.2, -0.15) is 0 Å². The highest BCUT2D eigenvalue weighted by molar-refractivity contribution is 7.89. The third-order valence-electron chi connectivity index (χ3n) is 2.62. The van der Waals surface area contributed by atoms with Crippen LogP contribution < -0.4 is 10.3 Å². The largest absolute Gasteiger partial charge is 0.465 e. The molecule has 2 aromatic rings. The number of sulfonamides is 1. The van der Waals surface area contributed by atoms with Gasteiger partial charge in [-0.1, -0.05) is 18.2 Å². The van der Waals surface area contributed by atoms with Crippen molar-refractivity contribution in [3.63, 3.8) is 0 Å². The van der Waals surface area contributed by atoms with E-state index in [9.17, 15) is 18.0 Å². The Labute approximate surface area is 130 Å². The highest BCUT2D eigenvalue weighted by atomic mass is 32.2. The standard InChI is InChI=1S/C13H12N2O5S2/c1-20-13(17)11-10(7-8-21-11)22(18,19)15-14-12(16)9-5-3-2-4-6-9/h2-8,15H,1H3,(H,14,16). The molecule has 7 nitrogen and oxygen atoms in total. The van der Waals surface area contributed by atoms with E-state index in [-0.39, 0.29) is 9.77 Å². The minimum atomic E-state index is -4.08. The maximum absolute atomic E-state index is 12.1. The molecule has 0 spiro atoms. The minimum absolute atomic E-state index is 0.0658. The van der Waals surface area contributed by atoms with Crippen molar-refractivity contribution in [1.29, 1.82) is 0 Å². The van der Waals surface area contributed by atoms with Crippen LogP contribution in [0.5, 0.6) is 0 Å². The van der Waals surface area contributed by atoms with Crippen molar-refractivity contribution < 1.29 is 22.7 Å². The molecular weight excluding hydrogens is 328 g/mol. The van der Waals surface area contributed by atoms with Crippen molar-refractivity contribution in [1.82, 2.24) is 10.3 Å². The molecule has 0 radical (unpaired) electrons. The van der Waals surface area contributed by atoms with Crippen LogP contribution >= 0.6 is 11.3 Å². The minimum Gasteiger partial charge on any atom is -0.465 e. The van der Waals surface area contributed by atoms with Gasteiger partial charge in [0.2, 0.25) is 0 Å². The number of nitrogens with one attached hydrogen (secondary N) is 2. The number of amides is 1. The molecule has 0 saturated heterocycles. The van der Waals surface area contributed by atoms with Crippen molar-refractivity contribution in [2.24, 2.45) is 0 Å². The molecule has 0 aliphatic heterocycles. The SMILES string of the molecule is COC(=O)c1sccc1S(=O)(=O)NNC(=O)c1ccccc1. The van der Waals surface area contributed by atoms with Gasteiger partial charge in [0.1, 0.15) is 9.77 Å². The van der Waals surface area contributed by atoms with Gasteiger partial charge in [0, 0.05) is 5.56 Å². The third kappa shape index (κ3) is 3.50. The first kappa shape index (κ1) is 16.1. The maximum Gasteiger partial charge on any atom is 0.349 e. The fourth-order valence-electron chi connectivity index (χ4n) is 1.58. The van der Waals surface area contributed by atoms with E-state index in [0.29, 0.717) is 5.56 Å². The summed E-state index contributed by atoms with van der Waals surface area (Å²) in [7, 11) is -2.92. The number of methoxy groups -OCH3 is 1. The van der Waals surface area contributed by atoms with E-state index in [1.54, 1.807) is 18.2 Å². The van der Waals surface area contributed by atoms with Crippen molar-refractivity contribution in [2.75, 3.05) is 7.11 Å². The molecule has 1 aromatic carbocycles. The molecule has 0 aliphatic rings. The molecule has 0 saturated carbocycles. The summed E-state index contributed by atoms with van der Waals surface area (Å²) in [5.41, 5.74) is 2.38. The van der Waals surface area contributed by atoms with Crippen molar-refractivity contribution in [3.05, 3.63) is 52.2 Å². The van der Waals surface area contributed by atoms with Gasteiger partial charge in [-0.25, -0.2) is 13.2 Å². The Morgan fingerprint density at radius 1 is 1.14 bits per heavy atom. The molecule has 9 heteroatoms. The van der Waals surface area contributed by atoms with E-state index in [4.69, 9.17) is 0 Å². The summed E-state index contributed by atoms with van der Waals surface area (Å²) >= 11 is 0.933. The van der Waals surface area contributed by atoms with Gasteiger partial charge >= 0.3 is 5.97 Å². The number of rotatable bonds is 5. The number of esters is 1. The van der Waals surface area contributed by atoms with Crippen LogP contribution in [-0.2, 0) is 14.8 Å². The molecule has 1 heterocycles. The van der Waals surface area contributed by atoms with Gasteiger partial charge in [0.25, 0.3) is 15.9 Å². The van der Waals surface area contributed by atoms with Gasteiger partial charge in [-0.15, -0.1) is 16.2 Å². The van der Waals surface area contributed by atoms with Gasteiger partial charge in [-0.3, -0.25) is 10.2 Å². The molecule has 116 valence electrons. The molecule has 0 bridgehead atoms. The number of carbonyl (C=O) groups excluding carboxylic acids is 2. The second-order valence-electron chi connectivity index (χ2n) is 4.03. The topological polar surface area (TPSA) is 102 Å². The van der Waals surface area contributed by atoms with Gasteiger partial charge in [0.15, 0.2) is 0 Å². The lowest BCUT2D eigenvalue weighted by Gasteiger charge is -2.08. The van der Waals surface area contributed by atoms with E-state index in [1.807, 2.05) is 4.83 Å². The molecule has 0 aliphatic carbocycles. The number of benzene rings is 1. The number of carbonyl (C=O) groups is 2. The van der Waals surface area contributed by atoms with E-state index >= 15 is 0 Å². The zero-order valence-corrected chi connectivity index (χ0v) is 13.0. The molecule has 2 N–H and O–H groups in total. The Balaban J connectivity index is 2.14. The summed E-state index contributed by atoms with van der Waals surface area (Å²) in [5, 5.41) is 1.44. The average molecular weight is 340 g/mol. The molecule has 0 fully saturated rings. The summed E-state index contributed by atoms with van der Waals surface area (Å²) in [6, 6.07) is 9.36.